The summed E-state index contributed by atoms with van der Waals surface area (Å²) in [5.74, 6) is 0. The normalized spacial score (nSPS) is 13.4. The van der Waals surface area contributed by atoms with Crippen molar-refractivity contribution in [2.45, 2.75) is 19.3 Å². The molecule has 65 heavy (non-hydrogen) atoms. The molecule has 2 heteroatoms. The Labute approximate surface area is 382 Å². The molecule has 0 aliphatic heterocycles. The fraction of sp³-hybridized carbons (Fsp3) is 0.0476. The Morgan fingerprint density at radius 2 is 0.569 bits per heavy atom. The summed E-state index contributed by atoms with van der Waals surface area (Å²) >= 11 is 0. The predicted molar refractivity (Wildman–Crippen MR) is 284 cm³/mol. The summed E-state index contributed by atoms with van der Waals surface area (Å²) in [7, 11) is -1.11. The van der Waals surface area contributed by atoms with Gasteiger partial charge >= 0.3 is 0 Å². The summed E-state index contributed by atoms with van der Waals surface area (Å²) in [5, 5.41) is 14.1. The second kappa shape index (κ2) is 14.9. The lowest BCUT2D eigenvalue weighted by Gasteiger charge is -2.22. The molecule has 0 saturated carbocycles. The molecule has 0 saturated heterocycles. The maximum atomic E-state index is 2.44. The molecule has 1 aliphatic carbocycles. The predicted octanol–water partition coefficient (Wildman–Crippen LogP) is 19.2. The summed E-state index contributed by atoms with van der Waals surface area (Å²) in [6.07, 6.45) is 0. The third-order valence-electron chi connectivity index (χ3n) is 14.2. The van der Waals surface area contributed by atoms with Crippen LogP contribution in [-0.2, 0) is 5.41 Å². The van der Waals surface area contributed by atoms with E-state index >= 15 is 0 Å². The zero-order chi connectivity index (χ0) is 43.2. The quantitative estimate of drug-likeness (QED) is 0.156. The van der Waals surface area contributed by atoms with E-state index in [2.05, 4.69) is 244 Å². The third-order valence-corrected chi connectivity index (χ3v) is 19.3. The van der Waals surface area contributed by atoms with Crippen molar-refractivity contribution in [1.82, 2.24) is 0 Å². The van der Waals surface area contributed by atoms with Crippen LogP contribution in [0.1, 0.15) is 25.0 Å². The fourth-order valence-electron chi connectivity index (χ4n) is 10.8. The first-order valence-electron chi connectivity index (χ1n) is 22.7. The minimum atomic E-state index is -0.553. The molecule has 306 valence electrons. The van der Waals surface area contributed by atoms with Crippen LogP contribution in [0.4, 0.5) is 0 Å². The van der Waals surface area contributed by atoms with Gasteiger partial charge < -0.3 is 0 Å². The summed E-state index contributed by atoms with van der Waals surface area (Å²) in [6, 6.07) is 86.9. The molecule has 2 aromatic heterocycles. The first kappa shape index (κ1) is 38.3. The van der Waals surface area contributed by atoms with Gasteiger partial charge in [0.25, 0.3) is 0 Å². The van der Waals surface area contributed by atoms with E-state index in [0.29, 0.717) is 0 Å². The maximum absolute atomic E-state index is 2.44. The minimum Gasteiger partial charge on any atom is -0.0772 e. The summed E-state index contributed by atoms with van der Waals surface area (Å²) in [4.78, 5) is 0. The first-order chi connectivity index (χ1) is 32.0. The van der Waals surface area contributed by atoms with E-state index in [1.54, 1.807) is 0 Å². The van der Waals surface area contributed by atoms with Crippen molar-refractivity contribution in [2.75, 3.05) is 0 Å². The molecule has 0 nitrogen and oxygen atoms in total. The van der Waals surface area contributed by atoms with Gasteiger partial charge in [-0.1, -0.05) is 223 Å². The molecule has 0 spiro atoms. The van der Waals surface area contributed by atoms with Crippen LogP contribution in [0.3, 0.4) is 0 Å². The smallest absolute Gasteiger partial charge is 0.0159 e. The van der Waals surface area contributed by atoms with E-state index in [0.717, 1.165) is 0 Å². The van der Waals surface area contributed by atoms with Crippen LogP contribution in [-0.4, -0.2) is 0 Å². The molecule has 0 N–H and O–H groups in total. The summed E-state index contributed by atoms with van der Waals surface area (Å²) in [5.41, 5.74) is 15.4. The van der Waals surface area contributed by atoms with Crippen LogP contribution in [0.15, 0.2) is 231 Å². The Bertz CT molecular complexity index is 3560. The van der Waals surface area contributed by atoms with E-state index < -0.39 is 15.1 Å². The lowest BCUT2D eigenvalue weighted by molar-refractivity contribution is 0.661. The first-order valence-corrected chi connectivity index (χ1v) is 25.3. The maximum Gasteiger partial charge on any atom is 0.0159 e. The van der Waals surface area contributed by atoms with E-state index in [-0.39, 0.29) is 5.41 Å². The Hall–Kier alpha value is -7.20. The van der Waals surface area contributed by atoms with E-state index in [4.69, 9.17) is 0 Å². The molecule has 12 aromatic rings. The van der Waals surface area contributed by atoms with Crippen molar-refractivity contribution in [3.63, 3.8) is 0 Å². The second-order valence-electron chi connectivity index (χ2n) is 18.1. The monoisotopic (exact) mass is 862 g/mol. The number of hydrogen-bond donors (Lipinski definition) is 0. The van der Waals surface area contributed by atoms with Gasteiger partial charge in [0.15, 0.2) is 0 Å². The van der Waals surface area contributed by atoms with Gasteiger partial charge in [0.2, 0.25) is 0 Å². The lowest BCUT2D eigenvalue weighted by Crippen LogP contribution is -2.15. The van der Waals surface area contributed by atoms with Crippen LogP contribution in [0, 0.1) is 0 Å². The highest BCUT2D eigenvalue weighted by molar-refractivity contribution is 7.68. The number of fused-ring (bicyclic) bond motifs is 9. The summed E-state index contributed by atoms with van der Waals surface area (Å²) < 4.78 is 0. The lowest BCUT2D eigenvalue weighted by atomic mass is 9.80. The van der Waals surface area contributed by atoms with E-state index in [1.165, 1.54) is 119 Å². The second-order valence-corrected chi connectivity index (χ2v) is 22.4. The molecular formula is C63H44P2. The van der Waals surface area contributed by atoms with Gasteiger partial charge in [0.05, 0.1) is 0 Å². The van der Waals surface area contributed by atoms with Crippen molar-refractivity contribution >= 4 is 57.1 Å². The highest BCUT2D eigenvalue weighted by Crippen LogP contribution is 2.57. The molecule has 0 bridgehead atoms. The Morgan fingerprint density at radius 1 is 0.262 bits per heavy atom. The van der Waals surface area contributed by atoms with Crippen molar-refractivity contribution in [1.29, 1.82) is 0 Å². The van der Waals surface area contributed by atoms with Gasteiger partial charge in [-0.3, -0.25) is 0 Å². The SMILES string of the molecule is CC1(C)c2cc(-c3ccc(-c4ccc5c(c4)c4ccccc4p5-c4ccccc4)cc3)ccc2-c2ccc(-c3ccc(-c4ccc5c(c4)c4ccccc4p5-c4ccccc4)cc3)cc21. The molecule has 0 radical (unpaired) electrons. The molecule has 1 aliphatic rings. The molecule has 13 rings (SSSR count). The van der Waals surface area contributed by atoms with Crippen LogP contribution in [0.2, 0.25) is 0 Å². The molecule has 2 heterocycles. The Morgan fingerprint density at radius 3 is 0.969 bits per heavy atom. The van der Waals surface area contributed by atoms with Gasteiger partial charge in [-0.05, 0) is 135 Å². The number of hydrogen-bond acceptors (Lipinski definition) is 0. The van der Waals surface area contributed by atoms with Crippen molar-refractivity contribution in [3.05, 3.63) is 242 Å². The third kappa shape index (κ3) is 6.13. The van der Waals surface area contributed by atoms with Gasteiger partial charge in [0, 0.05) is 25.9 Å². The highest BCUT2D eigenvalue weighted by atomic mass is 31.1. The van der Waals surface area contributed by atoms with Crippen molar-refractivity contribution in [2.24, 2.45) is 0 Å². The Balaban J connectivity index is 0.779. The molecule has 2 unspecified atom stereocenters. The minimum absolute atomic E-state index is 0.129. The van der Waals surface area contributed by atoms with Gasteiger partial charge in [-0.25, -0.2) is 0 Å². The average Bonchev–Trinajstić information content (AvgIpc) is 3.96. The zero-order valence-corrected chi connectivity index (χ0v) is 38.1. The van der Waals surface area contributed by atoms with Crippen LogP contribution < -0.4 is 0 Å². The molecular weight excluding hydrogens is 819 g/mol. The average molecular weight is 863 g/mol. The van der Waals surface area contributed by atoms with Gasteiger partial charge in [-0.15, -0.1) is 0 Å². The highest BCUT2D eigenvalue weighted by Gasteiger charge is 2.36. The van der Waals surface area contributed by atoms with E-state index in [9.17, 15) is 0 Å². The van der Waals surface area contributed by atoms with Crippen LogP contribution >= 0.6 is 15.1 Å². The van der Waals surface area contributed by atoms with E-state index in [1.807, 2.05) is 0 Å². The van der Waals surface area contributed by atoms with Crippen molar-refractivity contribution < 1.29 is 0 Å². The van der Waals surface area contributed by atoms with Crippen LogP contribution in [0.5, 0.6) is 0 Å². The van der Waals surface area contributed by atoms with Gasteiger partial charge in [-0.2, -0.15) is 0 Å². The topological polar surface area (TPSA) is 0 Å². The number of benzene rings is 10. The Kier molecular flexibility index (Phi) is 8.80. The molecule has 10 aromatic carbocycles. The number of rotatable bonds is 6. The van der Waals surface area contributed by atoms with Crippen LogP contribution in [0.25, 0.3) is 108 Å². The van der Waals surface area contributed by atoms with Crippen molar-refractivity contribution in [3.8, 4) is 66.2 Å². The largest absolute Gasteiger partial charge is 0.0772 e. The molecule has 2 atom stereocenters. The molecule has 0 amide bonds. The summed E-state index contributed by atoms with van der Waals surface area (Å²) in [6.45, 7) is 4.78. The van der Waals surface area contributed by atoms with Gasteiger partial charge in [0.1, 0.15) is 0 Å². The molecule has 0 fully saturated rings. The fourth-order valence-corrected chi connectivity index (χ4v) is 16.0. The zero-order valence-electron chi connectivity index (χ0n) is 36.3. The standard InChI is InChI=1S/C63H44P2/c1-63(2)57-39-47(43-25-21-41(22-26-43)45-31-35-61-55(37-45)53-17-9-11-19-59(53)64(61)49-13-5-3-6-14-49)29-33-51(57)52-34-30-48(40-58(52)63)44-27-23-42(24-28-44)46-32-36-62-56(38-46)54-18-10-12-20-60(54)65(62)50-15-7-4-8-16-50/h3-40H,1-2H3.